The maximum Gasteiger partial charge on any atom is 0.254 e. The summed E-state index contributed by atoms with van der Waals surface area (Å²) in [6.07, 6.45) is 3.39. The lowest BCUT2D eigenvalue weighted by molar-refractivity contribution is 0.0931. The van der Waals surface area contributed by atoms with Crippen molar-refractivity contribution in [2.24, 2.45) is 5.92 Å². The number of nitrogens with one attached hydrogen (secondary N) is 2. The molecule has 1 aromatic rings. The Balaban J connectivity index is 2.75. The van der Waals surface area contributed by atoms with Crippen LogP contribution in [-0.4, -0.2) is 23.5 Å². The van der Waals surface area contributed by atoms with Gasteiger partial charge in [0.1, 0.15) is 0 Å². The minimum absolute atomic E-state index is 0.0209. The van der Waals surface area contributed by atoms with Crippen molar-refractivity contribution < 1.29 is 9.18 Å². The Morgan fingerprint density at radius 2 is 2.10 bits per heavy atom. The zero-order valence-corrected chi connectivity index (χ0v) is 12.7. The molecule has 0 radical (unpaired) electrons. The van der Waals surface area contributed by atoms with Crippen LogP contribution in [0.4, 0.5) is 10.2 Å². The van der Waals surface area contributed by atoms with Crippen molar-refractivity contribution in [3.63, 3.8) is 0 Å². The average Bonchev–Trinajstić information content (AvgIpc) is 2.40. The highest BCUT2D eigenvalue weighted by Gasteiger charge is 2.18. The summed E-state index contributed by atoms with van der Waals surface area (Å²) >= 11 is 0. The van der Waals surface area contributed by atoms with E-state index >= 15 is 0 Å². The number of hydrogen-bond donors (Lipinski definition) is 2. The largest absolute Gasteiger partial charge is 0.368 e. The summed E-state index contributed by atoms with van der Waals surface area (Å²) < 4.78 is 14.1. The quantitative estimate of drug-likeness (QED) is 0.807. The fourth-order valence-corrected chi connectivity index (χ4v) is 2.04. The van der Waals surface area contributed by atoms with Gasteiger partial charge in [-0.2, -0.15) is 0 Å². The lowest BCUT2D eigenvalue weighted by atomic mass is 10.0. The lowest BCUT2D eigenvalue weighted by Gasteiger charge is -2.18. The smallest absolute Gasteiger partial charge is 0.254 e. The van der Waals surface area contributed by atoms with Crippen molar-refractivity contribution in [2.75, 3.05) is 11.9 Å². The summed E-state index contributed by atoms with van der Waals surface area (Å²) in [7, 11) is 0. The van der Waals surface area contributed by atoms with Crippen molar-refractivity contribution >= 4 is 11.7 Å². The molecular weight excluding hydrogens is 257 g/mol. The third-order valence-corrected chi connectivity index (χ3v) is 3.31. The predicted molar refractivity (Wildman–Crippen MR) is 79.4 cm³/mol. The van der Waals surface area contributed by atoms with Crippen molar-refractivity contribution in [1.82, 2.24) is 10.3 Å². The predicted octanol–water partition coefficient (Wildman–Crippen LogP) is 3.21. The minimum atomic E-state index is -0.595. The zero-order chi connectivity index (χ0) is 15.1. The molecule has 1 amide bonds. The standard InChI is InChI=1S/C15H24FN3O/c1-5-10(3)9-11(4)19-15(20)12-7-8-18-14(13(12)16)17-6-2/h7-8,10-11H,5-6,9H2,1-4H3,(H,17,18)(H,19,20). The van der Waals surface area contributed by atoms with Crippen molar-refractivity contribution in [3.8, 4) is 0 Å². The van der Waals surface area contributed by atoms with Crippen molar-refractivity contribution in [1.29, 1.82) is 0 Å². The highest BCUT2D eigenvalue weighted by atomic mass is 19.1. The molecule has 20 heavy (non-hydrogen) atoms. The first-order valence-electron chi connectivity index (χ1n) is 7.18. The van der Waals surface area contributed by atoms with Crippen LogP contribution in [0.25, 0.3) is 0 Å². The summed E-state index contributed by atoms with van der Waals surface area (Å²) in [5, 5.41) is 5.64. The average molecular weight is 281 g/mol. The van der Waals surface area contributed by atoms with E-state index in [4.69, 9.17) is 0 Å². The molecule has 2 unspecified atom stereocenters. The molecule has 0 aliphatic heterocycles. The number of nitrogens with zero attached hydrogens (tertiary/aromatic N) is 1. The van der Waals surface area contributed by atoms with E-state index in [1.807, 2.05) is 13.8 Å². The number of hydrogen-bond acceptors (Lipinski definition) is 3. The van der Waals surface area contributed by atoms with E-state index < -0.39 is 5.82 Å². The third-order valence-electron chi connectivity index (χ3n) is 3.31. The molecule has 0 saturated heterocycles. The topological polar surface area (TPSA) is 54.0 Å². The normalized spacial score (nSPS) is 13.7. The third kappa shape index (κ3) is 4.47. The molecule has 5 heteroatoms. The molecule has 1 aromatic heterocycles. The van der Waals surface area contributed by atoms with Crippen molar-refractivity contribution in [3.05, 3.63) is 23.6 Å². The molecule has 0 saturated carbocycles. The van der Waals surface area contributed by atoms with Crippen LogP contribution in [0, 0.1) is 11.7 Å². The molecule has 1 heterocycles. The minimum Gasteiger partial charge on any atom is -0.368 e. The first-order valence-corrected chi connectivity index (χ1v) is 7.18. The molecule has 2 atom stereocenters. The van der Waals surface area contributed by atoms with E-state index in [9.17, 15) is 9.18 Å². The van der Waals surface area contributed by atoms with Gasteiger partial charge in [-0.1, -0.05) is 20.3 Å². The summed E-state index contributed by atoms with van der Waals surface area (Å²) in [6, 6.07) is 1.43. The van der Waals surface area contributed by atoms with Gasteiger partial charge in [-0.05, 0) is 32.3 Å². The van der Waals surface area contributed by atoms with E-state index in [0.29, 0.717) is 12.5 Å². The van der Waals surface area contributed by atoms with Gasteiger partial charge in [0.25, 0.3) is 5.91 Å². The molecule has 0 spiro atoms. The van der Waals surface area contributed by atoms with Crippen LogP contribution >= 0.6 is 0 Å². The Morgan fingerprint density at radius 3 is 2.70 bits per heavy atom. The second kappa shape index (κ2) is 7.82. The fourth-order valence-electron chi connectivity index (χ4n) is 2.04. The van der Waals surface area contributed by atoms with Gasteiger partial charge in [0.15, 0.2) is 11.6 Å². The number of carbonyl (C=O) groups is 1. The van der Waals surface area contributed by atoms with Gasteiger partial charge in [-0.25, -0.2) is 9.37 Å². The summed E-state index contributed by atoms with van der Waals surface area (Å²) in [6.45, 7) is 8.60. The van der Waals surface area contributed by atoms with Crippen LogP contribution in [0.15, 0.2) is 12.3 Å². The molecule has 0 aliphatic carbocycles. The monoisotopic (exact) mass is 281 g/mol. The Hall–Kier alpha value is -1.65. The van der Waals surface area contributed by atoms with Gasteiger partial charge < -0.3 is 10.6 Å². The molecule has 112 valence electrons. The number of pyridine rings is 1. The summed E-state index contributed by atoms with van der Waals surface area (Å²) in [4.78, 5) is 16.0. The Labute approximate surface area is 120 Å². The Kier molecular flexibility index (Phi) is 6.42. The van der Waals surface area contributed by atoms with Crippen LogP contribution in [-0.2, 0) is 0 Å². The van der Waals surface area contributed by atoms with Crippen LogP contribution in [0.5, 0.6) is 0 Å². The summed E-state index contributed by atoms with van der Waals surface area (Å²) in [5.74, 6) is -0.331. The molecule has 0 aliphatic rings. The zero-order valence-electron chi connectivity index (χ0n) is 12.7. The van der Waals surface area contributed by atoms with E-state index in [1.165, 1.54) is 12.3 Å². The molecule has 0 aromatic carbocycles. The van der Waals surface area contributed by atoms with Gasteiger partial charge in [0.2, 0.25) is 0 Å². The highest BCUT2D eigenvalue weighted by Crippen LogP contribution is 2.16. The number of halogens is 1. The second-order valence-corrected chi connectivity index (χ2v) is 5.18. The van der Waals surface area contributed by atoms with Gasteiger partial charge in [-0.15, -0.1) is 0 Å². The van der Waals surface area contributed by atoms with Crippen LogP contribution in [0.1, 0.15) is 50.9 Å². The lowest BCUT2D eigenvalue weighted by Crippen LogP contribution is -2.34. The van der Waals surface area contributed by atoms with Crippen molar-refractivity contribution in [2.45, 2.75) is 46.6 Å². The SMILES string of the molecule is CCNc1nccc(C(=O)NC(C)CC(C)CC)c1F. The molecular formula is C15H24FN3O. The van der Waals surface area contributed by atoms with Crippen LogP contribution in [0.3, 0.4) is 0 Å². The molecule has 0 bridgehead atoms. The van der Waals surface area contributed by atoms with Gasteiger partial charge in [0, 0.05) is 18.8 Å². The van der Waals surface area contributed by atoms with Crippen LogP contribution in [0.2, 0.25) is 0 Å². The highest BCUT2D eigenvalue weighted by molar-refractivity contribution is 5.95. The maximum absolute atomic E-state index is 14.1. The maximum atomic E-state index is 14.1. The molecule has 1 rings (SSSR count). The van der Waals surface area contributed by atoms with E-state index in [0.717, 1.165) is 12.8 Å². The van der Waals surface area contributed by atoms with Gasteiger partial charge in [-0.3, -0.25) is 4.79 Å². The van der Waals surface area contributed by atoms with Gasteiger partial charge >= 0.3 is 0 Å². The Bertz CT molecular complexity index is 451. The second-order valence-electron chi connectivity index (χ2n) is 5.18. The number of carbonyl (C=O) groups excluding carboxylic acids is 1. The summed E-state index contributed by atoms with van der Waals surface area (Å²) in [5.41, 5.74) is 0.0342. The van der Waals surface area contributed by atoms with Crippen LogP contribution < -0.4 is 10.6 Å². The molecule has 0 fully saturated rings. The van der Waals surface area contributed by atoms with E-state index in [2.05, 4.69) is 29.5 Å². The number of anilines is 1. The Morgan fingerprint density at radius 1 is 1.40 bits per heavy atom. The number of aromatic nitrogens is 1. The fraction of sp³-hybridized carbons (Fsp3) is 0.600. The first kappa shape index (κ1) is 16.4. The molecule has 4 nitrogen and oxygen atoms in total. The number of rotatable bonds is 7. The van der Waals surface area contributed by atoms with E-state index in [1.54, 1.807) is 0 Å². The molecule has 2 N–H and O–H groups in total. The van der Waals surface area contributed by atoms with Gasteiger partial charge in [0.05, 0.1) is 5.56 Å². The first-order chi connectivity index (χ1) is 9.49. The van der Waals surface area contributed by atoms with E-state index in [-0.39, 0.29) is 23.3 Å². The number of amides is 1.